The first-order valence-corrected chi connectivity index (χ1v) is 8.88. The zero-order chi connectivity index (χ0) is 20.3. The number of halogens is 6. The van der Waals surface area contributed by atoms with Gasteiger partial charge in [-0.3, -0.25) is 9.35 Å². The van der Waals surface area contributed by atoms with Crippen LogP contribution in [0.2, 0.25) is 0 Å². The predicted molar refractivity (Wildman–Crippen MR) is 75.2 cm³/mol. The van der Waals surface area contributed by atoms with Gasteiger partial charge in [-0.15, -0.1) is 0 Å². The van der Waals surface area contributed by atoms with E-state index in [4.69, 9.17) is 4.55 Å². The second kappa shape index (κ2) is 8.11. The molecule has 5 nitrogen and oxygen atoms in total. The van der Waals surface area contributed by atoms with Gasteiger partial charge in [-0.05, 0) is 18.3 Å². The fraction of sp³-hybridized carbons (Fsp3) is 0.923. The molecule has 0 saturated heterocycles. The number of hydrogen-bond donors (Lipinski definition) is 1. The first kappa shape index (κ1) is 24.0. The molecule has 150 valence electrons. The summed E-state index contributed by atoms with van der Waals surface area (Å²) in [6.07, 6.45) is -12.8. The maximum atomic E-state index is 13.0. The Morgan fingerprint density at radius 2 is 1.52 bits per heavy atom. The summed E-state index contributed by atoms with van der Waals surface area (Å²) in [6, 6.07) is 0. The molecule has 0 heterocycles. The minimum atomic E-state index is -6.29. The zero-order valence-electron chi connectivity index (χ0n) is 13.7. The number of ether oxygens (including phenoxy) is 1. The number of rotatable bonds is 8. The summed E-state index contributed by atoms with van der Waals surface area (Å²) >= 11 is 0. The lowest BCUT2D eigenvalue weighted by atomic mass is 9.89. The van der Waals surface area contributed by atoms with Gasteiger partial charge in [0, 0.05) is 6.42 Å². The quantitative estimate of drug-likeness (QED) is 0.380. The third-order valence-electron chi connectivity index (χ3n) is 3.78. The largest absolute Gasteiger partial charge is 0.438 e. The highest BCUT2D eigenvalue weighted by Gasteiger charge is 2.75. The number of carbonyl (C=O) groups excluding carboxylic acids is 1. The zero-order valence-corrected chi connectivity index (χ0v) is 14.6. The van der Waals surface area contributed by atoms with Crippen molar-refractivity contribution >= 4 is 16.1 Å². The molecule has 0 radical (unpaired) electrons. The van der Waals surface area contributed by atoms with E-state index in [2.05, 4.69) is 4.74 Å². The normalized spacial score (nSPS) is 15.3. The van der Waals surface area contributed by atoms with E-state index in [1.54, 1.807) is 20.8 Å². The molecule has 0 aliphatic carbocycles. The molecule has 0 fully saturated rings. The molecule has 0 rings (SSSR count). The van der Waals surface area contributed by atoms with Crippen molar-refractivity contribution in [1.82, 2.24) is 0 Å². The molecule has 0 bridgehead atoms. The number of esters is 1. The van der Waals surface area contributed by atoms with Crippen LogP contribution in [-0.2, 0) is 19.6 Å². The van der Waals surface area contributed by atoms with Crippen molar-refractivity contribution in [2.45, 2.75) is 58.0 Å². The molecule has 0 saturated carbocycles. The summed E-state index contributed by atoms with van der Waals surface area (Å²) in [4.78, 5) is 11.6. The summed E-state index contributed by atoms with van der Waals surface area (Å²) in [6.45, 7) is 5.28. The van der Waals surface area contributed by atoms with Crippen molar-refractivity contribution in [2.75, 3.05) is 5.75 Å². The van der Waals surface area contributed by atoms with Crippen LogP contribution in [-0.4, -0.2) is 42.6 Å². The second-order valence-electron chi connectivity index (χ2n) is 5.97. The van der Waals surface area contributed by atoms with E-state index in [-0.39, 0.29) is 18.3 Å². The van der Waals surface area contributed by atoms with E-state index in [0.29, 0.717) is 6.42 Å². The van der Waals surface area contributed by atoms with Gasteiger partial charge in [0.1, 0.15) is 5.75 Å². The summed E-state index contributed by atoms with van der Waals surface area (Å²) < 4.78 is 111. The molecule has 1 N–H and O–H groups in total. The van der Waals surface area contributed by atoms with Crippen molar-refractivity contribution in [2.24, 2.45) is 11.8 Å². The molecule has 1 unspecified atom stereocenters. The average molecular weight is 402 g/mol. The van der Waals surface area contributed by atoms with E-state index < -0.39 is 46.2 Å². The Morgan fingerprint density at radius 1 is 1.08 bits per heavy atom. The number of carbonyl (C=O) groups is 1. The standard InChI is InChI=1S/C13H20F6O5S/c1-4-9(8(2)3)5-6-10(20)24-11(12(14,15)16,13(17,18)19)7-25(21,22)23/h8-9H,4-7H2,1-3H3,(H,21,22,23). The SMILES string of the molecule is CCC(CCC(=O)OC(CS(=O)(=O)O)(C(F)(F)F)C(F)(F)F)C(C)C. The number of alkyl halides is 6. The Hall–Kier alpha value is -1.04. The highest BCUT2D eigenvalue weighted by molar-refractivity contribution is 7.85. The van der Waals surface area contributed by atoms with Crippen LogP contribution in [0.15, 0.2) is 0 Å². The fourth-order valence-electron chi connectivity index (χ4n) is 2.28. The third-order valence-corrected chi connectivity index (χ3v) is 4.55. The van der Waals surface area contributed by atoms with Crippen molar-refractivity contribution < 1.29 is 48.8 Å². The molecule has 12 heteroatoms. The Labute approximate surface area is 141 Å². The van der Waals surface area contributed by atoms with Crippen LogP contribution in [0.1, 0.15) is 40.0 Å². The maximum absolute atomic E-state index is 13.0. The van der Waals surface area contributed by atoms with Crippen LogP contribution in [0.5, 0.6) is 0 Å². The van der Waals surface area contributed by atoms with E-state index >= 15 is 0 Å². The maximum Gasteiger partial charge on any atom is 0.438 e. The van der Waals surface area contributed by atoms with Crippen LogP contribution in [0.25, 0.3) is 0 Å². The van der Waals surface area contributed by atoms with Gasteiger partial charge < -0.3 is 4.74 Å². The average Bonchev–Trinajstić information content (AvgIpc) is 2.33. The van der Waals surface area contributed by atoms with Crippen LogP contribution in [0.3, 0.4) is 0 Å². The molecule has 0 amide bonds. The van der Waals surface area contributed by atoms with E-state index in [9.17, 15) is 39.6 Å². The molecular formula is C13H20F6O5S. The topological polar surface area (TPSA) is 80.7 Å². The van der Waals surface area contributed by atoms with Crippen LogP contribution in [0.4, 0.5) is 26.3 Å². The summed E-state index contributed by atoms with van der Waals surface area (Å²) in [5, 5.41) is 0. The van der Waals surface area contributed by atoms with Crippen molar-refractivity contribution in [3.05, 3.63) is 0 Å². The number of hydrogen-bond acceptors (Lipinski definition) is 4. The fourth-order valence-corrected chi connectivity index (χ4v) is 3.18. The van der Waals surface area contributed by atoms with Crippen molar-refractivity contribution in [3.8, 4) is 0 Å². The highest BCUT2D eigenvalue weighted by Crippen LogP contribution is 2.47. The van der Waals surface area contributed by atoms with Crippen molar-refractivity contribution in [3.63, 3.8) is 0 Å². The summed E-state index contributed by atoms with van der Waals surface area (Å²) in [5.74, 6) is -4.82. The lowest BCUT2D eigenvalue weighted by Gasteiger charge is -2.35. The predicted octanol–water partition coefficient (Wildman–Crippen LogP) is 3.74. The molecule has 0 spiro atoms. The smallest absolute Gasteiger partial charge is 0.438 e. The Morgan fingerprint density at radius 3 is 1.80 bits per heavy atom. The van der Waals surface area contributed by atoms with Gasteiger partial charge in [0.2, 0.25) is 0 Å². The van der Waals surface area contributed by atoms with Gasteiger partial charge in [0.15, 0.2) is 0 Å². The molecule has 0 aromatic rings. The minimum absolute atomic E-state index is 0.0231. The highest BCUT2D eigenvalue weighted by atomic mass is 32.2. The Balaban J connectivity index is 5.61. The van der Waals surface area contributed by atoms with Gasteiger partial charge in [0.05, 0.1) is 0 Å². The Bertz CT molecular complexity index is 538. The summed E-state index contributed by atoms with van der Waals surface area (Å²) in [5.41, 5.74) is -5.33. The van der Waals surface area contributed by atoms with Gasteiger partial charge >= 0.3 is 23.9 Å². The minimum Gasteiger partial charge on any atom is -0.438 e. The molecule has 1 atom stereocenters. The van der Waals surface area contributed by atoms with Gasteiger partial charge in [-0.2, -0.15) is 34.8 Å². The van der Waals surface area contributed by atoms with E-state index in [1.165, 1.54) is 0 Å². The lowest BCUT2D eigenvalue weighted by Crippen LogP contribution is -2.63. The molecular weight excluding hydrogens is 382 g/mol. The van der Waals surface area contributed by atoms with E-state index in [1.807, 2.05) is 0 Å². The molecule has 0 aliphatic heterocycles. The lowest BCUT2D eigenvalue weighted by molar-refractivity contribution is -0.361. The van der Waals surface area contributed by atoms with Crippen LogP contribution in [0, 0.1) is 11.8 Å². The molecule has 0 aliphatic rings. The Kier molecular flexibility index (Phi) is 7.77. The molecule has 25 heavy (non-hydrogen) atoms. The van der Waals surface area contributed by atoms with Gasteiger partial charge in [0.25, 0.3) is 10.1 Å². The second-order valence-corrected chi connectivity index (χ2v) is 7.43. The monoisotopic (exact) mass is 402 g/mol. The third kappa shape index (κ3) is 6.65. The van der Waals surface area contributed by atoms with Crippen LogP contribution >= 0.6 is 0 Å². The van der Waals surface area contributed by atoms with Crippen LogP contribution < -0.4 is 0 Å². The van der Waals surface area contributed by atoms with E-state index in [0.717, 1.165) is 0 Å². The molecule has 0 aromatic heterocycles. The first-order valence-electron chi connectivity index (χ1n) is 7.27. The van der Waals surface area contributed by atoms with Gasteiger partial charge in [-0.25, -0.2) is 0 Å². The van der Waals surface area contributed by atoms with Gasteiger partial charge in [-0.1, -0.05) is 27.2 Å². The van der Waals surface area contributed by atoms with Crippen molar-refractivity contribution in [1.29, 1.82) is 0 Å². The summed E-state index contributed by atoms with van der Waals surface area (Å²) in [7, 11) is -5.76. The molecule has 0 aromatic carbocycles. The first-order chi connectivity index (χ1) is 11.0.